The van der Waals surface area contributed by atoms with Crippen LogP contribution in [0.5, 0.6) is 11.5 Å². The Morgan fingerprint density at radius 1 is 1.32 bits per heavy atom. The minimum Gasteiger partial charge on any atom is -0.507 e. The molecule has 0 atom stereocenters. The standard InChI is InChI=1S/C17H16O5/c1-3-21-13-7-4-12(5-8-13)6-9-14(18)16-15(19)10-11(2)22-17(16)20/h4-10,19H,3H2,1-2H3/b9-6+. The van der Waals surface area contributed by atoms with E-state index < -0.39 is 11.4 Å². The molecule has 0 saturated heterocycles. The second kappa shape index (κ2) is 6.76. The SMILES string of the molecule is CCOc1ccc(/C=C/C(=O)c2c(O)cc(C)oc2=O)cc1. The van der Waals surface area contributed by atoms with E-state index in [1.54, 1.807) is 30.3 Å². The number of ketones is 1. The van der Waals surface area contributed by atoms with Gasteiger partial charge in [0, 0.05) is 6.07 Å². The molecule has 114 valence electrons. The molecular formula is C17H16O5. The summed E-state index contributed by atoms with van der Waals surface area (Å²) in [4.78, 5) is 23.6. The third kappa shape index (κ3) is 3.63. The molecule has 1 N–H and O–H groups in total. The summed E-state index contributed by atoms with van der Waals surface area (Å²) in [6, 6.07) is 8.37. The van der Waals surface area contributed by atoms with Gasteiger partial charge in [-0.3, -0.25) is 4.79 Å². The summed E-state index contributed by atoms with van der Waals surface area (Å²) in [6.07, 6.45) is 2.77. The summed E-state index contributed by atoms with van der Waals surface area (Å²) in [5.74, 6) is -0.00688. The number of allylic oxidation sites excluding steroid dienone is 1. The lowest BCUT2D eigenvalue weighted by Gasteiger charge is -2.02. The van der Waals surface area contributed by atoms with E-state index >= 15 is 0 Å². The Bertz CT molecular complexity index is 754. The van der Waals surface area contributed by atoms with Gasteiger partial charge in [0.25, 0.3) is 0 Å². The predicted molar refractivity (Wildman–Crippen MR) is 82.4 cm³/mol. The van der Waals surface area contributed by atoms with E-state index in [1.165, 1.54) is 19.1 Å². The molecule has 0 radical (unpaired) electrons. The molecule has 2 aromatic rings. The maximum Gasteiger partial charge on any atom is 0.351 e. The molecule has 1 aromatic heterocycles. The molecule has 2 rings (SSSR count). The summed E-state index contributed by atoms with van der Waals surface area (Å²) in [5.41, 5.74) is -0.445. The molecule has 0 aliphatic heterocycles. The van der Waals surface area contributed by atoms with E-state index in [2.05, 4.69) is 0 Å². The Kier molecular flexibility index (Phi) is 4.78. The lowest BCUT2D eigenvalue weighted by molar-refractivity contribution is 0.104. The van der Waals surface area contributed by atoms with Crippen LogP contribution in [0.25, 0.3) is 6.08 Å². The minimum absolute atomic E-state index is 0.245. The van der Waals surface area contributed by atoms with Gasteiger partial charge >= 0.3 is 5.63 Å². The van der Waals surface area contributed by atoms with Crippen LogP contribution in [0.2, 0.25) is 0 Å². The fourth-order valence-corrected chi connectivity index (χ4v) is 1.92. The van der Waals surface area contributed by atoms with Gasteiger partial charge in [0.2, 0.25) is 0 Å². The first-order valence-electron chi connectivity index (χ1n) is 6.80. The third-order valence-electron chi connectivity index (χ3n) is 2.92. The maximum absolute atomic E-state index is 12.0. The van der Waals surface area contributed by atoms with Crippen molar-refractivity contribution < 1.29 is 19.1 Å². The Labute approximate surface area is 127 Å². The number of rotatable bonds is 5. The van der Waals surface area contributed by atoms with E-state index in [1.807, 2.05) is 6.92 Å². The van der Waals surface area contributed by atoms with Crippen LogP contribution in [0.3, 0.4) is 0 Å². The van der Waals surface area contributed by atoms with Gasteiger partial charge in [-0.25, -0.2) is 4.79 Å². The molecule has 1 heterocycles. The molecule has 0 saturated carbocycles. The molecule has 0 fully saturated rings. The molecule has 0 spiro atoms. The second-order valence-electron chi connectivity index (χ2n) is 4.60. The fraction of sp³-hybridized carbons (Fsp3) is 0.176. The number of aryl methyl sites for hydroxylation is 1. The number of hydrogen-bond donors (Lipinski definition) is 1. The molecule has 0 aliphatic rings. The molecular weight excluding hydrogens is 284 g/mol. The zero-order valence-corrected chi connectivity index (χ0v) is 12.3. The van der Waals surface area contributed by atoms with Gasteiger partial charge in [-0.05, 0) is 37.6 Å². The van der Waals surface area contributed by atoms with Crippen molar-refractivity contribution in [2.45, 2.75) is 13.8 Å². The number of carbonyl (C=O) groups excluding carboxylic acids is 1. The zero-order chi connectivity index (χ0) is 16.1. The largest absolute Gasteiger partial charge is 0.507 e. The molecule has 1 aromatic carbocycles. The van der Waals surface area contributed by atoms with Crippen molar-refractivity contribution in [2.75, 3.05) is 6.61 Å². The number of carbonyl (C=O) groups is 1. The van der Waals surface area contributed by atoms with Gasteiger partial charge in [-0.15, -0.1) is 0 Å². The highest BCUT2D eigenvalue weighted by atomic mass is 16.5. The fourth-order valence-electron chi connectivity index (χ4n) is 1.92. The van der Waals surface area contributed by atoms with Gasteiger partial charge in [0.15, 0.2) is 5.78 Å². The number of benzene rings is 1. The van der Waals surface area contributed by atoms with Crippen LogP contribution in [-0.2, 0) is 0 Å². The first-order valence-corrected chi connectivity index (χ1v) is 6.80. The molecule has 0 aliphatic carbocycles. The molecule has 0 bridgehead atoms. The first kappa shape index (κ1) is 15.6. The normalized spacial score (nSPS) is 10.8. The summed E-state index contributed by atoms with van der Waals surface area (Å²) in [5, 5.41) is 9.70. The van der Waals surface area contributed by atoms with E-state index in [0.717, 1.165) is 11.3 Å². The summed E-state index contributed by atoms with van der Waals surface area (Å²) in [7, 11) is 0. The highest BCUT2D eigenvalue weighted by Crippen LogP contribution is 2.17. The molecule has 0 unspecified atom stereocenters. The van der Waals surface area contributed by atoms with E-state index in [-0.39, 0.29) is 17.1 Å². The van der Waals surface area contributed by atoms with Crippen molar-refractivity contribution in [2.24, 2.45) is 0 Å². The summed E-state index contributed by atoms with van der Waals surface area (Å²) >= 11 is 0. The van der Waals surface area contributed by atoms with Crippen molar-refractivity contribution in [3.8, 4) is 11.5 Å². The number of hydrogen-bond acceptors (Lipinski definition) is 5. The van der Waals surface area contributed by atoms with Crippen LogP contribution in [0, 0.1) is 6.92 Å². The Morgan fingerprint density at radius 2 is 2.00 bits per heavy atom. The van der Waals surface area contributed by atoms with E-state index in [9.17, 15) is 14.7 Å². The first-order chi connectivity index (χ1) is 10.5. The lowest BCUT2D eigenvalue weighted by atomic mass is 10.1. The summed E-state index contributed by atoms with van der Waals surface area (Å²) < 4.78 is 10.1. The van der Waals surface area contributed by atoms with Gasteiger partial charge in [0.05, 0.1) is 6.61 Å². The number of aromatic hydroxyl groups is 1. The average molecular weight is 300 g/mol. The van der Waals surface area contributed by atoms with Gasteiger partial charge in [-0.2, -0.15) is 0 Å². The smallest absolute Gasteiger partial charge is 0.351 e. The van der Waals surface area contributed by atoms with Crippen LogP contribution in [0.15, 0.2) is 45.6 Å². The molecule has 5 nitrogen and oxygen atoms in total. The van der Waals surface area contributed by atoms with Gasteiger partial charge in [0.1, 0.15) is 22.8 Å². The monoisotopic (exact) mass is 300 g/mol. The summed E-state index contributed by atoms with van der Waals surface area (Å²) in [6.45, 7) is 3.99. The lowest BCUT2D eigenvalue weighted by Crippen LogP contribution is -2.12. The van der Waals surface area contributed by atoms with Crippen LogP contribution < -0.4 is 10.4 Å². The molecule has 22 heavy (non-hydrogen) atoms. The molecule has 5 heteroatoms. The minimum atomic E-state index is -0.848. The van der Waals surface area contributed by atoms with E-state index in [0.29, 0.717) is 6.61 Å². The van der Waals surface area contributed by atoms with Crippen molar-refractivity contribution in [1.29, 1.82) is 0 Å². The van der Waals surface area contributed by atoms with Crippen molar-refractivity contribution in [1.82, 2.24) is 0 Å². The van der Waals surface area contributed by atoms with Crippen LogP contribution in [-0.4, -0.2) is 17.5 Å². The van der Waals surface area contributed by atoms with E-state index in [4.69, 9.17) is 9.15 Å². The highest BCUT2D eigenvalue weighted by Gasteiger charge is 2.15. The Balaban J connectivity index is 2.20. The van der Waals surface area contributed by atoms with Gasteiger partial charge in [-0.1, -0.05) is 18.2 Å². The van der Waals surface area contributed by atoms with Crippen LogP contribution in [0.4, 0.5) is 0 Å². The van der Waals surface area contributed by atoms with Crippen molar-refractivity contribution >= 4 is 11.9 Å². The Hall–Kier alpha value is -2.82. The second-order valence-corrected chi connectivity index (χ2v) is 4.60. The maximum atomic E-state index is 12.0. The zero-order valence-electron chi connectivity index (χ0n) is 12.3. The Morgan fingerprint density at radius 3 is 2.59 bits per heavy atom. The number of ether oxygens (including phenoxy) is 1. The molecule has 0 amide bonds. The predicted octanol–water partition coefficient (Wildman–Crippen LogP) is 2.95. The third-order valence-corrected chi connectivity index (χ3v) is 2.92. The highest BCUT2D eigenvalue weighted by molar-refractivity contribution is 6.08. The topological polar surface area (TPSA) is 76.7 Å². The van der Waals surface area contributed by atoms with Gasteiger partial charge < -0.3 is 14.3 Å². The quantitative estimate of drug-likeness (QED) is 0.678. The van der Waals surface area contributed by atoms with Crippen LogP contribution >= 0.6 is 0 Å². The van der Waals surface area contributed by atoms with Crippen molar-refractivity contribution in [3.63, 3.8) is 0 Å². The van der Waals surface area contributed by atoms with Crippen LogP contribution in [0.1, 0.15) is 28.6 Å². The average Bonchev–Trinajstić information content (AvgIpc) is 2.46. The van der Waals surface area contributed by atoms with Crippen molar-refractivity contribution in [3.05, 3.63) is 63.7 Å².